The first-order valence-corrected chi connectivity index (χ1v) is 7.09. The van der Waals surface area contributed by atoms with Gasteiger partial charge in [0, 0.05) is 17.8 Å². The maximum atomic E-state index is 12.9. The lowest BCUT2D eigenvalue weighted by molar-refractivity contribution is 0.628. The Kier molecular flexibility index (Phi) is 3.85. The Morgan fingerprint density at radius 3 is 2.62 bits per heavy atom. The third-order valence-electron chi connectivity index (χ3n) is 3.56. The van der Waals surface area contributed by atoms with Crippen LogP contribution in [0.4, 0.5) is 21.8 Å². The normalized spacial score (nSPS) is 15.1. The number of benzene rings is 1. The predicted molar refractivity (Wildman–Crippen MR) is 80.4 cm³/mol. The summed E-state index contributed by atoms with van der Waals surface area (Å²) >= 11 is 0. The highest BCUT2D eigenvalue weighted by Crippen LogP contribution is 2.21. The van der Waals surface area contributed by atoms with E-state index in [0.717, 1.165) is 12.8 Å². The zero-order valence-corrected chi connectivity index (χ0v) is 11.5. The largest absolute Gasteiger partial charge is 0.367 e. The molecule has 3 N–H and O–H groups in total. The minimum atomic E-state index is -0.307. The van der Waals surface area contributed by atoms with Crippen molar-refractivity contribution >= 4 is 17.5 Å². The van der Waals surface area contributed by atoms with Crippen LogP contribution in [0, 0.1) is 5.82 Å². The molecule has 1 aliphatic rings. The molecule has 6 heteroatoms. The Bertz CT molecular complexity index is 662. The highest BCUT2D eigenvalue weighted by Gasteiger charge is 2.15. The van der Waals surface area contributed by atoms with Crippen LogP contribution in [0.3, 0.4) is 0 Å². The summed E-state index contributed by atoms with van der Waals surface area (Å²) in [5.41, 5.74) is 0.438. The molecule has 1 fully saturated rings. The van der Waals surface area contributed by atoms with Crippen molar-refractivity contribution in [3.63, 3.8) is 0 Å². The number of nitrogens with zero attached hydrogens (tertiary/aromatic N) is 1. The Morgan fingerprint density at radius 2 is 1.90 bits per heavy atom. The molecule has 110 valence electrons. The van der Waals surface area contributed by atoms with E-state index < -0.39 is 0 Å². The van der Waals surface area contributed by atoms with Crippen molar-refractivity contribution in [2.75, 3.05) is 10.6 Å². The Hall–Kier alpha value is -2.37. The first kappa shape index (κ1) is 13.6. The highest BCUT2D eigenvalue weighted by atomic mass is 19.1. The summed E-state index contributed by atoms with van der Waals surface area (Å²) in [6.45, 7) is 0. The molecule has 1 heterocycles. The van der Waals surface area contributed by atoms with Crippen LogP contribution in [-0.4, -0.2) is 16.0 Å². The van der Waals surface area contributed by atoms with Gasteiger partial charge in [0.25, 0.3) is 5.56 Å². The maximum Gasteiger partial charge on any atom is 0.254 e. The van der Waals surface area contributed by atoms with Gasteiger partial charge < -0.3 is 10.6 Å². The van der Waals surface area contributed by atoms with Crippen LogP contribution in [0.25, 0.3) is 0 Å². The van der Waals surface area contributed by atoms with Gasteiger partial charge >= 0.3 is 0 Å². The van der Waals surface area contributed by atoms with E-state index in [1.54, 1.807) is 12.1 Å². The van der Waals surface area contributed by atoms with Crippen LogP contribution in [0.1, 0.15) is 25.7 Å². The van der Waals surface area contributed by atoms with E-state index in [9.17, 15) is 9.18 Å². The average molecular weight is 288 g/mol. The molecule has 21 heavy (non-hydrogen) atoms. The average Bonchev–Trinajstić information content (AvgIpc) is 2.93. The fourth-order valence-corrected chi connectivity index (χ4v) is 2.54. The van der Waals surface area contributed by atoms with Crippen molar-refractivity contribution in [3.05, 3.63) is 46.5 Å². The number of halogens is 1. The molecule has 1 aliphatic carbocycles. The first-order chi connectivity index (χ1) is 10.2. The molecule has 0 bridgehead atoms. The van der Waals surface area contributed by atoms with Gasteiger partial charge in [0.05, 0.1) is 0 Å². The molecule has 5 nitrogen and oxygen atoms in total. The minimum absolute atomic E-state index is 0.227. The number of hydrogen-bond acceptors (Lipinski definition) is 4. The number of hydrogen-bond donors (Lipinski definition) is 3. The van der Waals surface area contributed by atoms with Gasteiger partial charge in [-0.1, -0.05) is 12.8 Å². The molecule has 1 saturated carbocycles. The molecule has 0 aliphatic heterocycles. The third kappa shape index (κ3) is 3.59. The van der Waals surface area contributed by atoms with Gasteiger partial charge in [0.2, 0.25) is 5.95 Å². The van der Waals surface area contributed by atoms with Crippen molar-refractivity contribution in [1.82, 2.24) is 9.97 Å². The monoisotopic (exact) mass is 288 g/mol. The van der Waals surface area contributed by atoms with Gasteiger partial charge in [-0.3, -0.25) is 9.78 Å². The number of nitrogens with one attached hydrogen (secondary N) is 3. The van der Waals surface area contributed by atoms with Crippen molar-refractivity contribution < 1.29 is 4.39 Å². The lowest BCUT2D eigenvalue weighted by Crippen LogP contribution is -2.19. The molecule has 3 rings (SSSR count). The Balaban J connectivity index is 1.76. The summed E-state index contributed by atoms with van der Waals surface area (Å²) in [5.74, 6) is 0.600. The van der Waals surface area contributed by atoms with Crippen molar-refractivity contribution in [1.29, 1.82) is 0 Å². The topological polar surface area (TPSA) is 69.8 Å². The minimum Gasteiger partial charge on any atom is -0.367 e. The quantitative estimate of drug-likeness (QED) is 0.809. The second-order valence-electron chi connectivity index (χ2n) is 5.24. The summed E-state index contributed by atoms with van der Waals surface area (Å²) in [6.07, 6.45) is 4.63. The van der Waals surface area contributed by atoms with Crippen LogP contribution in [0.5, 0.6) is 0 Å². The SMILES string of the molecule is O=c1cc(NC2CCCC2)nc(Nc2ccc(F)cc2)[nH]1. The van der Waals surface area contributed by atoms with Gasteiger partial charge in [-0.25, -0.2) is 4.39 Å². The molecule has 0 saturated heterocycles. The lowest BCUT2D eigenvalue weighted by atomic mass is 10.2. The van der Waals surface area contributed by atoms with Crippen molar-refractivity contribution in [3.8, 4) is 0 Å². The van der Waals surface area contributed by atoms with E-state index in [0.29, 0.717) is 23.5 Å². The molecule has 0 radical (unpaired) electrons. The Morgan fingerprint density at radius 1 is 1.19 bits per heavy atom. The third-order valence-corrected chi connectivity index (χ3v) is 3.56. The lowest BCUT2D eigenvalue weighted by Gasteiger charge is -2.13. The molecule has 0 unspecified atom stereocenters. The summed E-state index contributed by atoms with van der Waals surface area (Å²) < 4.78 is 12.9. The molecule has 0 spiro atoms. The van der Waals surface area contributed by atoms with E-state index >= 15 is 0 Å². The predicted octanol–water partition coefficient (Wildman–Crippen LogP) is 3.01. The van der Waals surface area contributed by atoms with Gasteiger partial charge in [-0.15, -0.1) is 0 Å². The molecule has 1 aromatic heterocycles. The number of anilines is 3. The maximum absolute atomic E-state index is 12.9. The Labute approximate surface area is 121 Å². The summed E-state index contributed by atoms with van der Waals surface area (Å²) in [7, 11) is 0. The van der Waals surface area contributed by atoms with Gasteiger partial charge in [-0.05, 0) is 37.1 Å². The summed E-state index contributed by atoms with van der Waals surface area (Å²) in [4.78, 5) is 18.7. The number of rotatable bonds is 4. The van der Waals surface area contributed by atoms with Gasteiger partial charge in [-0.2, -0.15) is 4.98 Å². The van der Waals surface area contributed by atoms with Crippen LogP contribution in [0.15, 0.2) is 35.1 Å². The van der Waals surface area contributed by atoms with E-state index in [2.05, 4.69) is 20.6 Å². The fraction of sp³-hybridized carbons (Fsp3) is 0.333. The van der Waals surface area contributed by atoms with Crippen LogP contribution in [-0.2, 0) is 0 Å². The van der Waals surface area contributed by atoms with Crippen molar-refractivity contribution in [2.24, 2.45) is 0 Å². The van der Waals surface area contributed by atoms with E-state index in [4.69, 9.17) is 0 Å². The smallest absolute Gasteiger partial charge is 0.254 e. The summed E-state index contributed by atoms with van der Waals surface area (Å²) in [5, 5.41) is 6.25. The standard InChI is InChI=1S/C15H17FN4O/c16-10-5-7-12(8-6-10)18-15-19-13(9-14(21)20-15)17-11-3-1-2-4-11/h5-9,11H,1-4H2,(H3,17,18,19,20,21). The molecular formula is C15H17FN4O. The van der Waals surface area contributed by atoms with Crippen LogP contribution >= 0.6 is 0 Å². The molecule has 0 amide bonds. The number of H-pyrrole nitrogens is 1. The van der Waals surface area contributed by atoms with Crippen LogP contribution in [0.2, 0.25) is 0 Å². The van der Waals surface area contributed by atoms with Crippen molar-refractivity contribution in [2.45, 2.75) is 31.7 Å². The molecule has 0 atom stereocenters. The van der Waals surface area contributed by atoms with E-state index in [-0.39, 0.29) is 11.4 Å². The molecule has 2 aromatic rings. The molecule has 1 aromatic carbocycles. The second kappa shape index (κ2) is 5.95. The fourth-order valence-electron chi connectivity index (χ4n) is 2.54. The zero-order valence-electron chi connectivity index (χ0n) is 11.5. The van der Waals surface area contributed by atoms with E-state index in [1.165, 1.54) is 31.0 Å². The second-order valence-corrected chi connectivity index (χ2v) is 5.24. The van der Waals surface area contributed by atoms with Gasteiger partial charge in [0.15, 0.2) is 0 Å². The van der Waals surface area contributed by atoms with E-state index in [1.807, 2.05) is 0 Å². The molecular weight excluding hydrogens is 271 g/mol. The highest BCUT2D eigenvalue weighted by molar-refractivity contribution is 5.54. The zero-order chi connectivity index (χ0) is 14.7. The summed E-state index contributed by atoms with van der Waals surface area (Å²) in [6, 6.07) is 7.72. The van der Waals surface area contributed by atoms with Crippen LogP contribution < -0.4 is 16.2 Å². The number of aromatic amines is 1. The number of aromatic nitrogens is 2. The first-order valence-electron chi connectivity index (χ1n) is 7.09. The van der Waals surface area contributed by atoms with Gasteiger partial charge in [0.1, 0.15) is 11.6 Å².